The number of nitrogens with one attached hydrogen (secondary N) is 2. The van der Waals surface area contributed by atoms with E-state index in [1.165, 1.54) is 25.5 Å². The fraction of sp³-hybridized carbons (Fsp3) is 0.0909. The fourth-order valence-electron chi connectivity index (χ4n) is 2.64. The second-order valence-electron chi connectivity index (χ2n) is 6.26. The number of amides is 1. The van der Waals surface area contributed by atoms with Gasteiger partial charge in [0.25, 0.3) is 11.6 Å². The molecule has 1 amide bonds. The Morgan fingerprint density at radius 1 is 1.03 bits per heavy atom. The molecule has 0 heterocycles. The van der Waals surface area contributed by atoms with E-state index in [-0.39, 0.29) is 18.2 Å². The molecule has 0 fully saturated rings. The number of nitro groups is 1. The lowest BCUT2D eigenvalue weighted by atomic mass is 10.2. The van der Waals surface area contributed by atoms with Gasteiger partial charge in [0, 0.05) is 23.4 Å². The monoisotopic (exact) mass is 420 g/mol. The van der Waals surface area contributed by atoms with E-state index in [2.05, 4.69) is 15.8 Å². The van der Waals surface area contributed by atoms with Gasteiger partial charge in [-0.15, -0.1) is 0 Å². The van der Waals surface area contributed by atoms with Gasteiger partial charge in [0.15, 0.2) is 18.1 Å². The van der Waals surface area contributed by atoms with Crippen LogP contribution in [0.5, 0.6) is 11.5 Å². The van der Waals surface area contributed by atoms with Crippen LogP contribution in [0, 0.1) is 10.1 Å². The summed E-state index contributed by atoms with van der Waals surface area (Å²) in [6.45, 7) is -0.216. The zero-order valence-corrected chi connectivity index (χ0v) is 16.6. The van der Waals surface area contributed by atoms with Crippen LogP contribution in [0.2, 0.25) is 0 Å². The summed E-state index contributed by atoms with van der Waals surface area (Å²) in [5, 5.41) is 17.6. The highest BCUT2D eigenvalue weighted by molar-refractivity contribution is 5.92. The number of rotatable bonds is 9. The van der Waals surface area contributed by atoms with Crippen LogP contribution in [0.1, 0.15) is 5.56 Å². The summed E-state index contributed by atoms with van der Waals surface area (Å²) in [7, 11) is 1.50. The van der Waals surface area contributed by atoms with Crippen LogP contribution in [0.3, 0.4) is 0 Å². The highest BCUT2D eigenvalue weighted by atomic mass is 16.6. The van der Waals surface area contributed by atoms with Crippen LogP contribution in [-0.4, -0.2) is 30.8 Å². The third-order valence-corrected chi connectivity index (χ3v) is 4.11. The Hall–Kier alpha value is -4.40. The van der Waals surface area contributed by atoms with Crippen LogP contribution in [0.25, 0.3) is 0 Å². The summed E-state index contributed by atoms with van der Waals surface area (Å²) in [6.07, 6.45) is 1.51. The van der Waals surface area contributed by atoms with Gasteiger partial charge >= 0.3 is 0 Å². The Bertz CT molecular complexity index is 1070. The third-order valence-electron chi connectivity index (χ3n) is 4.11. The first-order chi connectivity index (χ1) is 15.1. The van der Waals surface area contributed by atoms with Gasteiger partial charge in [-0.1, -0.05) is 24.3 Å². The van der Waals surface area contributed by atoms with Crippen molar-refractivity contribution in [1.82, 2.24) is 0 Å². The molecule has 3 rings (SSSR count). The summed E-state index contributed by atoms with van der Waals surface area (Å²) >= 11 is 0. The van der Waals surface area contributed by atoms with Crippen molar-refractivity contribution in [2.75, 3.05) is 24.5 Å². The second-order valence-corrected chi connectivity index (χ2v) is 6.26. The number of anilines is 2. The minimum Gasteiger partial charge on any atom is -0.493 e. The molecule has 0 aromatic heterocycles. The highest BCUT2D eigenvalue weighted by Gasteiger charge is 2.12. The number of para-hydroxylation sites is 2. The maximum Gasteiger partial charge on any atom is 0.269 e. The first-order valence-corrected chi connectivity index (χ1v) is 9.25. The van der Waals surface area contributed by atoms with Crippen molar-refractivity contribution in [3.63, 3.8) is 0 Å². The number of benzene rings is 3. The minimum atomic E-state index is -0.471. The molecule has 3 aromatic carbocycles. The molecule has 0 radical (unpaired) electrons. The van der Waals surface area contributed by atoms with Gasteiger partial charge in [-0.3, -0.25) is 20.3 Å². The number of non-ortho nitro benzene ring substituents is 1. The Labute approximate surface area is 178 Å². The molecular weight excluding hydrogens is 400 g/mol. The van der Waals surface area contributed by atoms with Gasteiger partial charge in [-0.2, -0.15) is 5.10 Å². The van der Waals surface area contributed by atoms with E-state index >= 15 is 0 Å². The molecule has 0 saturated carbocycles. The summed E-state index contributed by atoms with van der Waals surface area (Å²) in [4.78, 5) is 22.5. The zero-order chi connectivity index (χ0) is 22.1. The van der Waals surface area contributed by atoms with Crippen molar-refractivity contribution in [2.24, 2.45) is 5.10 Å². The molecular formula is C22H20N4O5. The number of hydrogen-bond acceptors (Lipinski definition) is 7. The molecule has 31 heavy (non-hydrogen) atoms. The van der Waals surface area contributed by atoms with Crippen molar-refractivity contribution in [1.29, 1.82) is 0 Å². The standard InChI is InChI=1S/C22H20N4O5/c1-30-20-9-5-6-16(14-23-25-18-10-12-19(13-11-18)26(28)29)22(20)31-15-21(27)24-17-7-3-2-4-8-17/h2-14,25H,15H2,1H3,(H,24,27)/b23-14+. The number of hydrazone groups is 1. The van der Waals surface area contributed by atoms with Crippen LogP contribution >= 0.6 is 0 Å². The number of carbonyl (C=O) groups excluding carboxylic acids is 1. The second kappa shape index (κ2) is 10.4. The van der Waals surface area contributed by atoms with Crippen molar-refractivity contribution in [3.8, 4) is 11.5 Å². The SMILES string of the molecule is COc1cccc(/C=N/Nc2ccc([N+](=O)[O-])cc2)c1OCC(=O)Nc1ccccc1. The maximum absolute atomic E-state index is 12.2. The lowest BCUT2D eigenvalue weighted by Crippen LogP contribution is -2.20. The number of carbonyl (C=O) groups is 1. The molecule has 0 atom stereocenters. The lowest BCUT2D eigenvalue weighted by molar-refractivity contribution is -0.384. The van der Waals surface area contributed by atoms with E-state index in [4.69, 9.17) is 9.47 Å². The molecule has 3 aromatic rings. The van der Waals surface area contributed by atoms with Crippen LogP contribution in [-0.2, 0) is 4.79 Å². The number of ether oxygens (including phenoxy) is 2. The normalized spacial score (nSPS) is 10.5. The molecule has 0 aliphatic heterocycles. The van der Waals surface area contributed by atoms with E-state index in [1.807, 2.05) is 18.2 Å². The van der Waals surface area contributed by atoms with E-state index in [0.29, 0.717) is 28.4 Å². The van der Waals surface area contributed by atoms with Gasteiger partial charge < -0.3 is 14.8 Å². The quantitative estimate of drug-likeness (QED) is 0.306. The predicted molar refractivity (Wildman–Crippen MR) is 118 cm³/mol. The van der Waals surface area contributed by atoms with E-state index in [9.17, 15) is 14.9 Å². The molecule has 0 bridgehead atoms. The number of nitro benzene ring substituents is 1. The summed E-state index contributed by atoms with van der Waals surface area (Å²) in [5.74, 6) is 0.498. The topological polar surface area (TPSA) is 115 Å². The Morgan fingerprint density at radius 3 is 2.45 bits per heavy atom. The molecule has 0 aliphatic rings. The van der Waals surface area contributed by atoms with Gasteiger partial charge in [-0.05, 0) is 36.4 Å². The first-order valence-electron chi connectivity index (χ1n) is 9.25. The molecule has 9 nitrogen and oxygen atoms in total. The number of methoxy groups -OCH3 is 1. The Balaban J connectivity index is 1.67. The zero-order valence-electron chi connectivity index (χ0n) is 16.6. The minimum absolute atomic E-state index is 0.00760. The average Bonchev–Trinajstić information content (AvgIpc) is 2.79. The summed E-state index contributed by atoms with van der Waals surface area (Å²) in [6, 6.07) is 20.2. The Morgan fingerprint density at radius 2 is 1.77 bits per heavy atom. The molecule has 0 aliphatic carbocycles. The molecule has 0 saturated heterocycles. The van der Waals surface area contributed by atoms with Crippen molar-refractivity contribution >= 4 is 29.2 Å². The molecule has 0 spiro atoms. The number of nitrogens with zero attached hydrogens (tertiary/aromatic N) is 2. The Kier molecular flexibility index (Phi) is 7.15. The lowest BCUT2D eigenvalue weighted by Gasteiger charge is -2.13. The van der Waals surface area contributed by atoms with Crippen molar-refractivity contribution in [3.05, 3.63) is 88.5 Å². The van der Waals surface area contributed by atoms with E-state index in [0.717, 1.165) is 0 Å². The van der Waals surface area contributed by atoms with Crippen LogP contribution in [0.4, 0.5) is 17.1 Å². The maximum atomic E-state index is 12.2. The largest absolute Gasteiger partial charge is 0.493 e. The van der Waals surface area contributed by atoms with Gasteiger partial charge in [0.05, 0.1) is 23.9 Å². The summed E-state index contributed by atoms with van der Waals surface area (Å²) in [5.41, 5.74) is 4.62. The smallest absolute Gasteiger partial charge is 0.269 e. The fourth-order valence-corrected chi connectivity index (χ4v) is 2.64. The highest BCUT2D eigenvalue weighted by Crippen LogP contribution is 2.30. The van der Waals surface area contributed by atoms with Gasteiger partial charge in [0.1, 0.15) is 0 Å². The average molecular weight is 420 g/mol. The molecule has 158 valence electrons. The molecule has 0 unspecified atom stereocenters. The number of hydrogen-bond donors (Lipinski definition) is 2. The van der Waals surface area contributed by atoms with Crippen LogP contribution < -0.4 is 20.2 Å². The van der Waals surface area contributed by atoms with Crippen molar-refractivity contribution < 1.29 is 19.2 Å². The summed E-state index contributed by atoms with van der Waals surface area (Å²) < 4.78 is 11.0. The van der Waals surface area contributed by atoms with Crippen LogP contribution in [0.15, 0.2) is 77.9 Å². The van der Waals surface area contributed by atoms with Crippen molar-refractivity contribution in [2.45, 2.75) is 0 Å². The third kappa shape index (κ3) is 6.04. The predicted octanol–water partition coefficient (Wildman–Crippen LogP) is 4.07. The van der Waals surface area contributed by atoms with E-state index in [1.54, 1.807) is 42.5 Å². The van der Waals surface area contributed by atoms with E-state index < -0.39 is 4.92 Å². The molecule has 9 heteroatoms. The van der Waals surface area contributed by atoms with Gasteiger partial charge in [-0.25, -0.2) is 0 Å². The molecule has 2 N–H and O–H groups in total. The van der Waals surface area contributed by atoms with Gasteiger partial charge in [0.2, 0.25) is 0 Å². The first kappa shape index (κ1) is 21.3.